The third kappa shape index (κ3) is 5.99. The Kier molecular flexibility index (Phi) is 7.83. The van der Waals surface area contributed by atoms with E-state index in [0.29, 0.717) is 23.7 Å². The molecule has 28 heavy (non-hydrogen) atoms. The second-order valence-electron chi connectivity index (χ2n) is 6.24. The number of likely N-dealkylation sites (N-methyl/N-ethyl adjacent to an activating group) is 1. The summed E-state index contributed by atoms with van der Waals surface area (Å²) in [6.07, 6.45) is 0. The quantitative estimate of drug-likeness (QED) is 0.694. The number of hydrogen-bond acceptors (Lipinski definition) is 5. The van der Waals surface area contributed by atoms with Crippen molar-refractivity contribution in [3.8, 4) is 11.5 Å². The van der Waals surface area contributed by atoms with E-state index in [1.165, 1.54) is 0 Å². The van der Waals surface area contributed by atoms with Crippen LogP contribution < -0.4 is 20.1 Å². The molecule has 0 heterocycles. The molecule has 0 unspecified atom stereocenters. The van der Waals surface area contributed by atoms with E-state index in [9.17, 15) is 9.59 Å². The number of ether oxygens (including phenoxy) is 2. The fourth-order valence-electron chi connectivity index (χ4n) is 2.70. The summed E-state index contributed by atoms with van der Waals surface area (Å²) in [4.78, 5) is 26.8. The number of hydrogen-bond donors (Lipinski definition) is 2. The molecular formula is C21H27N3O4. The fourth-order valence-corrected chi connectivity index (χ4v) is 2.70. The summed E-state index contributed by atoms with van der Waals surface area (Å²) in [5, 5.41) is 5.69. The van der Waals surface area contributed by atoms with Crippen molar-refractivity contribution in [2.45, 2.75) is 19.9 Å². The Hall–Kier alpha value is -3.06. The average Bonchev–Trinajstić information content (AvgIpc) is 2.72. The van der Waals surface area contributed by atoms with E-state index in [1.54, 1.807) is 74.6 Å². The molecule has 7 nitrogen and oxygen atoms in total. The first-order valence-electron chi connectivity index (χ1n) is 9.09. The van der Waals surface area contributed by atoms with Gasteiger partial charge in [-0.25, -0.2) is 0 Å². The number of carbonyl (C=O) groups is 2. The van der Waals surface area contributed by atoms with Gasteiger partial charge in [-0.2, -0.15) is 0 Å². The van der Waals surface area contributed by atoms with E-state index in [2.05, 4.69) is 10.6 Å². The highest BCUT2D eigenvalue weighted by atomic mass is 16.5. The van der Waals surface area contributed by atoms with Crippen molar-refractivity contribution < 1.29 is 19.1 Å². The van der Waals surface area contributed by atoms with Crippen LogP contribution in [0.5, 0.6) is 11.5 Å². The zero-order chi connectivity index (χ0) is 20.5. The van der Waals surface area contributed by atoms with Crippen LogP contribution in [-0.2, 0) is 9.59 Å². The smallest absolute Gasteiger partial charge is 0.241 e. The maximum absolute atomic E-state index is 12.6. The zero-order valence-corrected chi connectivity index (χ0v) is 16.7. The van der Waals surface area contributed by atoms with Gasteiger partial charge in [0.1, 0.15) is 11.5 Å². The standard InChI is InChI=1S/C21H27N3O4/c1-5-24(14-20(25)22-16-9-11-18(27-3)12-10-16)15(2)21(26)23-17-7-6-8-19(13-17)28-4/h6-13,15H,5,14H2,1-4H3,(H,22,25)(H,23,26)/t15-/m0/s1. The third-order valence-corrected chi connectivity index (χ3v) is 4.39. The maximum Gasteiger partial charge on any atom is 0.241 e. The van der Waals surface area contributed by atoms with Crippen LogP contribution >= 0.6 is 0 Å². The highest BCUT2D eigenvalue weighted by molar-refractivity contribution is 5.96. The van der Waals surface area contributed by atoms with Crippen molar-refractivity contribution >= 4 is 23.2 Å². The molecule has 150 valence electrons. The van der Waals surface area contributed by atoms with E-state index in [4.69, 9.17) is 9.47 Å². The molecule has 2 aromatic rings. The lowest BCUT2D eigenvalue weighted by Crippen LogP contribution is -2.45. The van der Waals surface area contributed by atoms with E-state index in [1.807, 2.05) is 6.92 Å². The summed E-state index contributed by atoms with van der Waals surface area (Å²) in [6.45, 7) is 4.35. The number of anilines is 2. The van der Waals surface area contributed by atoms with Gasteiger partial charge in [0.25, 0.3) is 0 Å². The van der Waals surface area contributed by atoms with Gasteiger partial charge in [0.05, 0.1) is 26.8 Å². The van der Waals surface area contributed by atoms with Crippen LogP contribution in [-0.4, -0.2) is 50.1 Å². The molecule has 2 N–H and O–H groups in total. The third-order valence-electron chi connectivity index (χ3n) is 4.39. The lowest BCUT2D eigenvalue weighted by atomic mass is 10.2. The molecular weight excluding hydrogens is 358 g/mol. The molecule has 0 radical (unpaired) electrons. The molecule has 0 spiro atoms. The Morgan fingerprint density at radius 2 is 1.64 bits per heavy atom. The van der Waals surface area contributed by atoms with E-state index in [0.717, 1.165) is 5.75 Å². The van der Waals surface area contributed by atoms with Crippen LogP contribution in [0.4, 0.5) is 11.4 Å². The van der Waals surface area contributed by atoms with Crippen molar-refractivity contribution in [2.24, 2.45) is 0 Å². The van der Waals surface area contributed by atoms with Gasteiger partial charge in [-0.15, -0.1) is 0 Å². The number of carbonyl (C=O) groups excluding carboxylic acids is 2. The van der Waals surface area contributed by atoms with Gasteiger partial charge in [0.15, 0.2) is 0 Å². The molecule has 0 aromatic heterocycles. The minimum Gasteiger partial charge on any atom is -0.497 e. The average molecular weight is 385 g/mol. The van der Waals surface area contributed by atoms with Gasteiger partial charge in [0, 0.05) is 17.4 Å². The van der Waals surface area contributed by atoms with Gasteiger partial charge in [0.2, 0.25) is 11.8 Å². The van der Waals surface area contributed by atoms with Gasteiger partial charge in [-0.1, -0.05) is 13.0 Å². The fraction of sp³-hybridized carbons (Fsp3) is 0.333. The van der Waals surface area contributed by atoms with Crippen molar-refractivity contribution in [1.29, 1.82) is 0 Å². The van der Waals surface area contributed by atoms with Gasteiger partial charge < -0.3 is 20.1 Å². The molecule has 0 saturated carbocycles. The predicted octanol–water partition coefficient (Wildman–Crippen LogP) is 2.99. The Morgan fingerprint density at radius 1 is 0.964 bits per heavy atom. The van der Waals surface area contributed by atoms with Crippen LogP contribution in [0.1, 0.15) is 13.8 Å². The summed E-state index contributed by atoms with van der Waals surface area (Å²) in [6, 6.07) is 13.8. The first kappa shape index (κ1) is 21.2. The number of nitrogens with one attached hydrogen (secondary N) is 2. The Morgan fingerprint density at radius 3 is 2.25 bits per heavy atom. The molecule has 0 aliphatic heterocycles. The summed E-state index contributed by atoms with van der Waals surface area (Å²) in [5.74, 6) is 1.01. The summed E-state index contributed by atoms with van der Waals surface area (Å²) >= 11 is 0. The molecule has 0 aliphatic carbocycles. The van der Waals surface area contributed by atoms with Crippen LogP contribution in [0, 0.1) is 0 Å². The predicted molar refractivity (Wildman–Crippen MR) is 110 cm³/mol. The minimum absolute atomic E-state index is 0.106. The van der Waals surface area contributed by atoms with Crippen LogP contribution in [0.2, 0.25) is 0 Å². The van der Waals surface area contributed by atoms with Gasteiger partial charge in [-0.3, -0.25) is 14.5 Å². The summed E-state index contributed by atoms with van der Waals surface area (Å²) in [7, 11) is 3.16. The Labute approximate surface area is 165 Å². The monoisotopic (exact) mass is 385 g/mol. The second-order valence-corrected chi connectivity index (χ2v) is 6.24. The molecule has 7 heteroatoms. The molecule has 0 bridgehead atoms. The van der Waals surface area contributed by atoms with Crippen molar-refractivity contribution in [3.05, 3.63) is 48.5 Å². The SMILES string of the molecule is CCN(CC(=O)Nc1ccc(OC)cc1)[C@@H](C)C(=O)Nc1cccc(OC)c1. The molecule has 0 saturated heterocycles. The largest absolute Gasteiger partial charge is 0.497 e. The van der Waals surface area contributed by atoms with Crippen LogP contribution in [0.15, 0.2) is 48.5 Å². The topological polar surface area (TPSA) is 79.9 Å². The van der Waals surface area contributed by atoms with Crippen molar-refractivity contribution in [3.63, 3.8) is 0 Å². The lowest BCUT2D eigenvalue weighted by molar-refractivity contribution is -0.123. The Bertz CT molecular complexity index is 792. The molecule has 2 aromatic carbocycles. The molecule has 0 aliphatic rings. The van der Waals surface area contributed by atoms with E-state index >= 15 is 0 Å². The van der Waals surface area contributed by atoms with Crippen LogP contribution in [0.25, 0.3) is 0 Å². The maximum atomic E-state index is 12.6. The number of amides is 2. The van der Waals surface area contributed by atoms with Crippen molar-refractivity contribution in [2.75, 3.05) is 37.9 Å². The van der Waals surface area contributed by atoms with Gasteiger partial charge >= 0.3 is 0 Å². The highest BCUT2D eigenvalue weighted by Crippen LogP contribution is 2.18. The number of methoxy groups -OCH3 is 2. The number of rotatable bonds is 9. The lowest BCUT2D eigenvalue weighted by Gasteiger charge is -2.26. The first-order chi connectivity index (χ1) is 13.5. The van der Waals surface area contributed by atoms with Crippen LogP contribution in [0.3, 0.4) is 0 Å². The van der Waals surface area contributed by atoms with E-state index in [-0.39, 0.29) is 18.4 Å². The first-order valence-corrected chi connectivity index (χ1v) is 9.09. The number of benzene rings is 2. The molecule has 1 atom stereocenters. The van der Waals surface area contributed by atoms with Gasteiger partial charge in [-0.05, 0) is 49.9 Å². The normalized spacial score (nSPS) is 11.6. The molecule has 2 rings (SSSR count). The zero-order valence-electron chi connectivity index (χ0n) is 16.7. The minimum atomic E-state index is -0.474. The van der Waals surface area contributed by atoms with Crippen molar-refractivity contribution in [1.82, 2.24) is 4.90 Å². The second kappa shape index (κ2) is 10.3. The highest BCUT2D eigenvalue weighted by Gasteiger charge is 2.22. The van der Waals surface area contributed by atoms with E-state index < -0.39 is 6.04 Å². The summed E-state index contributed by atoms with van der Waals surface area (Å²) in [5.41, 5.74) is 1.32. The molecule has 0 fully saturated rings. The Balaban J connectivity index is 1.94. The summed E-state index contributed by atoms with van der Waals surface area (Å²) < 4.78 is 10.3. The molecule has 2 amide bonds. The number of nitrogens with zero attached hydrogens (tertiary/aromatic N) is 1.